The first-order chi connectivity index (χ1) is 14.6. The van der Waals surface area contributed by atoms with Gasteiger partial charge in [-0.25, -0.2) is 0 Å². The molecule has 0 aromatic heterocycles. The summed E-state index contributed by atoms with van der Waals surface area (Å²) in [6.07, 6.45) is 18.9. The predicted octanol–water partition coefficient (Wildman–Crippen LogP) is 6.37. The summed E-state index contributed by atoms with van der Waals surface area (Å²) in [6.45, 7) is 15.0. The van der Waals surface area contributed by atoms with Gasteiger partial charge in [-0.3, -0.25) is 9.69 Å². The van der Waals surface area contributed by atoms with Crippen LogP contribution in [0.3, 0.4) is 0 Å². The second-order valence-corrected chi connectivity index (χ2v) is 8.91. The summed E-state index contributed by atoms with van der Waals surface area (Å²) in [4.78, 5) is 15.8. The fourth-order valence-corrected chi connectivity index (χ4v) is 4.88. The van der Waals surface area contributed by atoms with Gasteiger partial charge in [0.1, 0.15) is 0 Å². The van der Waals surface area contributed by atoms with Crippen LogP contribution in [-0.2, 0) is 4.79 Å². The number of primary amides is 1. The number of nitrogens with zero attached hydrogens (tertiary/aromatic N) is 2. The van der Waals surface area contributed by atoms with Crippen molar-refractivity contribution in [2.24, 2.45) is 5.73 Å². The summed E-state index contributed by atoms with van der Waals surface area (Å²) in [6, 6.07) is 1.52. The quantitative estimate of drug-likeness (QED) is 0.391. The lowest BCUT2D eigenvalue weighted by Crippen LogP contribution is -2.44. The highest BCUT2D eigenvalue weighted by Crippen LogP contribution is 2.21. The van der Waals surface area contributed by atoms with Crippen LogP contribution in [0.15, 0.2) is 0 Å². The molecule has 0 bridgehead atoms. The number of likely N-dealkylation sites (tertiary alicyclic amines) is 2. The fourth-order valence-electron chi connectivity index (χ4n) is 4.88. The van der Waals surface area contributed by atoms with Crippen LogP contribution in [0, 0.1) is 0 Å². The molecule has 0 aromatic carbocycles. The van der Waals surface area contributed by atoms with Crippen LogP contribution in [0.4, 0.5) is 0 Å². The Morgan fingerprint density at radius 2 is 1.30 bits per heavy atom. The zero-order valence-electron chi connectivity index (χ0n) is 21.3. The minimum atomic E-state index is -0.192. The Morgan fingerprint density at radius 1 is 0.767 bits per heavy atom. The molecule has 2 rings (SSSR count). The maximum Gasteiger partial charge on any atom is 0.231 e. The minimum absolute atomic E-state index is 0.192. The summed E-state index contributed by atoms with van der Waals surface area (Å²) >= 11 is 0. The van der Waals surface area contributed by atoms with E-state index in [2.05, 4.69) is 30.6 Å². The van der Waals surface area contributed by atoms with Crippen LogP contribution in [0.2, 0.25) is 0 Å². The van der Waals surface area contributed by atoms with Crippen molar-refractivity contribution < 1.29 is 4.79 Å². The molecule has 4 heteroatoms. The Hall–Kier alpha value is -0.610. The SMILES string of the molecule is CC.CCCC1CCCCN1CC(N)=O.CCCCCCN1CCCCC1CCC. The molecule has 2 aliphatic heterocycles. The van der Waals surface area contributed by atoms with Crippen LogP contribution < -0.4 is 5.73 Å². The van der Waals surface area contributed by atoms with Crippen LogP contribution in [-0.4, -0.2) is 54.0 Å². The normalized spacial score (nSPS) is 22.4. The molecule has 180 valence electrons. The number of nitrogens with two attached hydrogens (primary N) is 1. The fraction of sp³-hybridized carbons (Fsp3) is 0.962. The topological polar surface area (TPSA) is 49.6 Å². The van der Waals surface area contributed by atoms with E-state index < -0.39 is 0 Å². The second kappa shape index (κ2) is 20.3. The van der Waals surface area contributed by atoms with E-state index >= 15 is 0 Å². The van der Waals surface area contributed by atoms with Crippen molar-refractivity contribution in [3.05, 3.63) is 0 Å². The molecule has 2 N–H and O–H groups in total. The molecule has 0 radical (unpaired) electrons. The van der Waals surface area contributed by atoms with Gasteiger partial charge in [0, 0.05) is 12.1 Å². The Labute approximate surface area is 189 Å². The van der Waals surface area contributed by atoms with Crippen molar-refractivity contribution in [1.82, 2.24) is 9.80 Å². The van der Waals surface area contributed by atoms with Crippen LogP contribution >= 0.6 is 0 Å². The van der Waals surface area contributed by atoms with Crippen LogP contribution in [0.5, 0.6) is 0 Å². The molecule has 1 amide bonds. The molecule has 2 atom stereocenters. The second-order valence-electron chi connectivity index (χ2n) is 8.91. The number of hydrogen-bond acceptors (Lipinski definition) is 3. The molecule has 0 aliphatic carbocycles. The van der Waals surface area contributed by atoms with Gasteiger partial charge in [0.05, 0.1) is 6.54 Å². The number of carbonyl (C=O) groups excluding carboxylic acids is 1. The lowest BCUT2D eigenvalue weighted by atomic mass is 9.98. The zero-order valence-corrected chi connectivity index (χ0v) is 21.3. The first-order valence-corrected chi connectivity index (χ1v) is 13.4. The predicted molar refractivity (Wildman–Crippen MR) is 133 cm³/mol. The molecule has 30 heavy (non-hydrogen) atoms. The summed E-state index contributed by atoms with van der Waals surface area (Å²) in [5, 5.41) is 0. The number of piperidine rings is 2. The van der Waals surface area contributed by atoms with Crippen molar-refractivity contribution >= 4 is 5.91 Å². The molecule has 0 saturated carbocycles. The van der Waals surface area contributed by atoms with Crippen molar-refractivity contribution in [1.29, 1.82) is 0 Å². The Balaban J connectivity index is 0.000000522. The molecule has 0 aromatic rings. The van der Waals surface area contributed by atoms with Crippen molar-refractivity contribution in [2.45, 2.75) is 137 Å². The van der Waals surface area contributed by atoms with E-state index in [1.807, 2.05) is 13.8 Å². The van der Waals surface area contributed by atoms with E-state index in [1.165, 1.54) is 103 Å². The summed E-state index contributed by atoms with van der Waals surface area (Å²) < 4.78 is 0. The van der Waals surface area contributed by atoms with Crippen molar-refractivity contribution in [2.75, 3.05) is 26.2 Å². The smallest absolute Gasteiger partial charge is 0.231 e. The van der Waals surface area contributed by atoms with Gasteiger partial charge in [0.15, 0.2) is 0 Å². The third kappa shape index (κ3) is 13.6. The number of carbonyl (C=O) groups is 1. The molecule has 0 spiro atoms. The number of amides is 1. The molecular formula is C26H55N3O. The highest BCUT2D eigenvalue weighted by molar-refractivity contribution is 5.75. The molecule has 2 unspecified atom stereocenters. The van der Waals surface area contributed by atoms with E-state index in [9.17, 15) is 4.79 Å². The molecule has 2 saturated heterocycles. The molecule has 2 heterocycles. The van der Waals surface area contributed by atoms with E-state index in [1.54, 1.807) is 0 Å². The maximum atomic E-state index is 10.8. The monoisotopic (exact) mass is 425 g/mol. The maximum absolute atomic E-state index is 10.8. The van der Waals surface area contributed by atoms with Gasteiger partial charge in [0.2, 0.25) is 5.91 Å². The Morgan fingerprint density at radius 3 is 1.80 bits per heavy atom. The summed E-state index contributed by atoms with van der Waals surface area (Å²) in [5.41, 5.74) is 5.20. The van der Waals surface area contributed by atoms with E-state index in [-0.39, 0.29) is 5.91 Å². The lowest BCUT2D eigenvalue weighted by Gasteiger charge is -2.35. The first kappa shape index (κ1) is 29.4. The standard InChI is InChI=1S/C14H29N.C10H20N2O.C2H6/c1-3-5-6-8-12-15-13-9-7-11-14(15)10-4-2;1-2-5-9-6-3-4-7-12(9)8-10(11)13;1-2/h14H,3-13H2,1-2H3;9H,2-8H2,1H3,(H2,11,13);1-2H3. The lowest BCUT2D eigenvalue weighted by molar-refractivity contribution is -0.120. The number of rotatable bonds is 11. The highest BCUT2D eigenvalue weighted by atomic mass is 16.1. The van der Waals surface area contributed by atoms with E-state index in [4.69, 9.17) is 5.73 Å². The Bertz CT molecular complexity index is 384. The summed E-state index contributed by atoms with van der Waals surface area (Å²) in [5.74, 6) is -0.192. The largest absolute Gasteiger partial charge is 0.369 e. The first-order valence-electron chi connectivity index (χ1n) is 13.4. The van der Waals surface area contributed by atoms with Gasteiger partial charge in [-0.05, 0) is 64.6 Å². The zero-order chi connectivity index (χ0) is 22.6. The number of hydrogen-bond donors (Lipinski definition) is 1. The van der Waals surface area contributed by atoms with Gasteiger partial charge in [-0.15, -0.1) is 0 Å². The third-order valence-corrected chi connectivity index (χ3v) is 6.40. The number of unbranched alkanes of at least 4 members (excludes halogenated alkanes) is 3. The van der Waals surface area contributed by atoms with Gasteiger partial charge in [-0.2, -0.15) is 0 Å². The van der Waals surface area contributed by atoms with Crippen molar-refractivity contribution in [3.8, 4) is 0 Å². The van der Waals surface area contributed by atoms with Crippen LogP contribution in [0.25, 0.3) is 0 Å². The molecule has 2 aliphatic rings. The van der Waals surface area contributed by atoms with E-state index in [0.717, 1.165) is 12.6 Å². The van der Waals surface area contributed by atoms with E-state index in [0.29, 0.717) is 12.6 Å². The molecule has 2 fully saturated rings. The third-order valence-electron chi connectivity index (χ3n) is 6.40. The van der Waals surface area contributed by atoms with Gasteiger partial charge >= 0.3 is 0 Å². The van der Waals surface area contributed by atoms with Gasteiger partial charge in [-0.1, -0.05) is 79.6 Å². The average Bonchev–Trinajstić information content (AvgIpc) is 2.76. The summed E-state index contributed by atoms with van der Waals surface area (Å²) in [7, 11) is 0. The Kier molecular flexibility index (Phi) is 19.9. The minimum Gasteiger partial charge on any atom is -0.369 e. The highest BCUT2D eigenvalue weighted by Gasteiger charge is 2.22. The van der Waals surface area contributed by atoms with Crippen LogP contribution in [0.1, 0.15) is 125 Å². The van der Waals surface area contributed by atoms with Crippen molar-refractivity contribution in [3.63, 3.8) is 0 Å². The average molecular weight is 426 g/mol. The molecular weight excluding hydrogens is 370 g/mol. The van der Waals surface area contributed by atoms with Gasteiger partial charge < -0.3 is 10.6 Å². The van der Waals surface area contributed by atoms with Gasteiger partial charge in [0.25, 0.3) is 0 Å². The molecule has 4 nitrogen and oxygen atoms in total.